The van der Waals surface area contributed by atoms with E-state index in [1.165, 1.54) is 0 Å². The number of hydrogen-bond acceptors (Lipinski definition) is 3. The summed E-state index contributed by atoms with van der Waals surface area (Å²) in [5, 5.41) is 20.7. The zero-order valence-corrected chi connectivity index (χ0v) is 9.09. The third-order valence-electron chi connectivity index (χ3n) is 2.75. The van der Waals surface area contributed by atoms with Gasteiger partial charge >= 0.3 is 0 Å². The zero-order valence-electron chi connectivity index (χ0n) is 9.09. The summed E-state index contributed by atoms with van der Waals surface area (Å²) in [4.78, 5) is 0. The van der Waals surface area contributed by atoms with E-state index in [0.29, 0.717) is 0 Å². The molecule has 0 unspecified atom stereocenters. The van der Waals surface area contributed by atoms with Crippen LogP contribution in [0.4, 0.5) is 0 Å². The van der Waals surface area contributed by atoms with E-state index < -0.39 is 6.10 Å². The van der Waals surface area contributed by atoms with Gasteiger partial charge in [0.05, 0.1) is 12.1 Å². The highest BCUT2D eigenvalue weighted by Crippen LogP contribution is 2.24. The first-order chi connectivity index (χ1) is 7.58. The maximum atomic E-state index is 9.43. The molecule has 0 heterocycles. The number of aromatic hydroxyl groups is 1. The Morgan fingerprint density at radius 3 is 2.38 bits per heavy atom. The molecule has 0 amide bonds. The second kappa shape index (κ2) is 4.12. The average Bonchev–Trinajstić information content (AvgIpc) is 2.27. The quantitative estimate of drug-likeness (QED) is 0.720. The van der Waals surface area contributed by atoms with Crippen LogP contribution in [0.1, 0.15) is 18.5 Å². The van der Waals surface area contributed by atoms with Gasteiger partial charge < -0.3 is 15.9 Å². The van der Waals surface area contributed by atoms with Crippen molar-refractivity contribution in [1.29, 1.82) is 0 Å². The van der Waals surface area contributed by atoms with Crippen molar-refractivity contribution in [3.8, 4) is 5.75 Å². The van der Waals surface area contributed by atoms with Gasteiger partial charge in [0.15, 0.2) is 0 Å². The maximum Gasteiger partial charge on any atom is 0.116 e. The molecule has 2 aromatic rings. The molecule has 84 valence electrons. The van der Waals surface area contributed by atoms with Crippen LogP contribution in [-0.4, -0.2) is 16.3 Å². The van der Waals surface area contributed by atoms with Gasteiger partial charge in [-0.25, -0.2) is 0 Å². The predicted molar refractivity (Wildman–Crippen MR) is 64.2 cm³/mol. The minimum Gasteiger partial charge on any atom is -0.508 e. The van der Waals surface area contributed by atoms with Gasteiger partial charge in [0.1, 0.15) is 5.75 Å². The zero-order chi connectivity index (χ0) is 11.7. The van der Waals surface area contributed by atoms with Crippen molar-refractivity contribution < 1.29 is 10.2 Å². The summed E-state index contributed by atoms with van der Waals surface area (Å²) in [5.41, 5.74) is 6.76. The fourth-order valence-electron chi connectivity index (χ4n) is 1.74. The first-order valence-corrected chi connectivity index (χ1v) is 5.24. The van der Waals surface area contributed by atoms with Crippen molar-refractivity contribution in [2.45, 2.75) is 19.1 Å². The lowest BCUT2D eigenvalue weighted by Crippen LogP contribution is -2.22. The molecule has 0 aliphatic carbocycles. The summed E-state index contributed by atoms with van der Waals surface area (Å²) in [7, 11) is 0. The molecule has 0 aliphatic rings. The molecule has 2 aromatic carbocycles. The number of fused-ring (bicyclic) bond motifs is 1. The van der Waals surface area contributed by atoms with E-state index >= 15 is 0 Å². The molecule has 3 heteroatoms. The standard InChI is InChI=1S/C13H15NO2/c1-8(15)13(14)11-3-2-10-7-12(16)5-4-9(10)6-11/h2-8,13,15-16H,14H2,1H3/t8-,13-/m1/s1. The van der Waals surface area contributed by atoms with Crippen LogP contribution in [-0.2, 0) is 0 Å². The summed E-state index contributed by atoms with van der Waals surface area (Å²) in [6, 6.07) is 10.5. The predicted octanol–water partition coefficient (Wildman–Crippen LogP) is 1.93. The smallest absolute Gasteiger partial charge is 0.116 e. The highest BCUT2D eigenvalue weighted by atomic mass is 16.3. The maximum absolute atomic E-state index is 9.43. The Labute approximate surface area is 94.1 Å². The van der Waals surface area contributed by atoms with Gasteiger partial charge in [0, 0.05) is 0 Å². The lowest BCUT2D eigenvalue weighted by Gasteiger charge is -2.15. The number of aliphatic hydroxyl groups is 1. The van der Waals surface area contributed by atoms with Crippen LogP contribution < -0.4 is 5.73 Å². The van der Waals surface area contributed by atoms with Crippen LogP contribution in [0.25, 0.3) is 10.8 Å². The molecule has 0 aliphatic heterocycles. The van der Waals surface area contributed by atoms with E-state index in [-0.39, 0.29) is 11.8 Å². The minimum atomic E-state index is -0.574. The summed E-state index contributed by atoms with van der Waals surface area (Å²) in [6.07, 6.45) is -0.574. The number of nitrogens with two attached hydrogens (primary N) is 1. The van der Waals surface area contributed by atoms with Gasteiger partial charge in [0.2, 0.25) is 0 Å². The SMILES string of the molecule is C[C@@H](O)[C@@H](N)c1ccc2cc(O)ccc2c1. The summed E-state index contributed by atoms with van der Waals surface area (Å²) >= 11 is 0. The molecular weight excluding hydrogens is 202 g/mol. The van der Waals surface area contributed by atoms with Crippen molar-refractivity contribution in [2.75, 3.05) is 0 Å². The van der Waals surface area contributed by atoms with Crippen LogP contribution in [0.3, 0.4) is 0 Å². The van der Waals surface area contributed by atoms with E-state index in [2.05, 4.69) is 0 Å². The Morgan fingerprint density at radius 1 is 1.06 bits per heavy atom. The van der Waals surface area contributed by atoms with Crippen LogP contribution in [0.15, 0.2) is 36.4 Å². The van der Waals surface area contributed by atoms with Crippen molar-refractivity contribution in [3.05, 3.63) is 42.0 Å². The second-order valence-electron chi connectivity index (χ2n) is 4.06. The lowest BCUT2D eigenvalue weighted by atomic mass is 9.99. The fraction of sp³-hybridized carbons (Fsp3) is 0.231. The molecule has 2 atom stereocenters. The second-order valence-corrected chi connectivity index (χ2v) is 4.06. The molecule has 2 rings (SSSR count). The van der Waals surface area contributed by atoms with E-state index in [9.17, 15) is 10.2 Å². The van der Waals surface area contributed by atoms with Gasteiger partial charge in [-0.1, -0.05) is 18.2 Å². The van der Waals surface area contributed by atoms with Gasteiger partial charge in [0.25, 0.3) is 0 Å². The first-order valence-electron chi connectivity index (χ1n) is 5.24. The Morgan fingerprint density at radius 2 is 1.69 bits per heavy atom. The lowest BCUT2D eigenvalue weighted by molar-refractivity contribution is 0.164. The highest BCUT2D eigenvalue weighted by Gasteiger charge is 2.12. The molecule has 16 heavy (non-hydrogen) atoms. The average molecular weight is 217 g/mol. The van der Waals surface area contributed by atoms with E-state index in [4.69, 9.17) is 5.73 Å². The van der Waals surface area contributed by atoms with Gasteiger partial charge in [-0.15, -0.1) is 0 Å². The fourth-order valence-corrected chi connectivity index (χ4v) is 1.74. The van der Waals surface area contributed by atoms with Crippen molar-refractivity contribution in [2.24, 2.45) is 5.73 Å². The molecular formula is C13H15NO2. The van der Waals surface area contributed by atoms with Crippen molar-refractivity contribution in [1.82, 2.24) is 0 Å². The van der Waals surface area contributed by atoms with Crippen LogP contribution in [0, 0.1) is 0 Å². The molecule has 0 bridgehead atoms. The normalized spacial score (nSPS) is 14.9. The number of aliphatic hydroxyl groups excluding tert-OH is 1. The van der Waals surface area contributed by atoms with E-state index in [1.807, 2.05) is 24.3 Å². The van der Waals surface area contributed by atoms with E-state index in [0.717, 1.165) is 16.3 Å². The number of phenols is 1. The third kappa shape index (κ3) is 2.01. The molecule has 0 aromatic heterocycles. The molecule has 4 N–H and O–H groups in total. The van der Waals surface area contributed by atoms with Crippen LogP contribution in [0.2, 0.25) is 0 Å². The minimum absolute atomic E-state index is 0.250. The van der Waals surface area contributed by atoms with Crippen molar-refractivity contribution >= 4 is 10.8 Å². The topological polar surface area (TPSA) is 66.5 Å². The molecule has 0 saturated carbocycles. The van der Waals surface area contributed by atoms with Gasteiger partial charge in [-0.05, 0) is 41.5 Å². The Kier molecular flexibility index (Phi) is 2.81. The first kappa shape index (κ1) is 10.9. The largest absolute Gasteiger partial charge is 0.508 e. The van der Waals surface area contributed by atoms with Crippen LogP contribution in [0.5, 0.6) is 5.75 Å². The number of rotatable bonds is 2. The molecule has 0 spiro atoms. The highest BCUT2D eigenvalue weighted by molar-refractivity contribution is 5.84. The summed E-state index contributed by atoms with van der Waals surface area (Å²) in [6.45, 7) is 1.67. The van der Waals surface area contributed by atoms with E-state index in [1.54, 1.807) is 19.1 Å². The van der Waals surface area contributed by atoms with Gasteiger partial charge in [-0.2, -0.15) is 0 Å². The summed E-state index contributed by atoms with van der Waals surface area (Å²) in [5.74, 6) is 0.250. The number of hydrogen-bond donors (Lipinski definition) is 3. The Balaban J connectivity index is 2.48. The van der Waals surface area contributed by atoms with Gasteiger partial charge in [-0.3, -0.25) is 0 Å². The number of phenolic OH excluding ortho intramolecular Hbond substituents is 1. The third-order valence-corrected chi connectivity index (χ3v) is 2.75. The molecule has 3 nitrogen and oxygen atoms in total. The Bertz CT molecular complexity index is 508. The molecule has 0 fully saturated rings. The monoisotopic (exact) mass is 217 g/mol. The Hall–Kier alpha value is -1.58. The van der Waals surface area contributed by atoms with Crippen molar-refractivity contribution in [3.63, 3.8) is 0 Å². The molecule has 0 saturated heterocycles. The molecule has 0 radical (unpaired) electrons. The van der Waals surface area contributed by atoms with Crippen LogP contribution >= 0.6 is 0 Å². The number of benzene rings is 2. The summed E-state index contributed by atoms with van der Waals surface area (Å²) < 4.78 is 0.